The highest BCUT2D eigenvalue weighted by atomic mass is 16.5. The van der Waals surface area contributed by atoms with Crippen molar-refractivity contribution in [2.24, 2.45) is 0 Å². The number of carbonyl (C=O) groups excluding carboxylic acids is 1. The lowest BCUT2D eigenvalue weighted by Crippen LogP contribution is -2.26. The van der Waals surface area contributed by atoms with Crippen molar-refractivity contribution in [3.63, 3.8) is 0 Å². The monoisotopic (exact) mass is 286 g/mol. The Bertz CT molecular complexity index is 587. The normalized spacial score (nSPS) is 10.2. The molecule has 1 heterocycles. The summed E-state index contributed by atoms with van der Waals surface area (Å²) in [4.78, 5) is 18.1. The van der Waals surface area contributed by atoms with Crippen LogP contribution in [0.2, 0.25) is 0 Å². The van der Waals surface area contributed by atoms with Gasteiger partial charge in [-0.3, -0.25) is 4.79 Å². The van der Waals surface area contributed by atoms with Gasteiger partial charge in [-0.2, -0.15) is 0 Å². The predicted octanol–water partition coefficient (Wildman–Crippen LogP) is 2.38. The highest BCUT2D eigenvalue weighted by molar-refractivity contribution is 6.05. The van der Waals surface area contributed by atoms with Crippen LogP contribution in [0.25, 0.3) is 0 Å². The van der Waals surface area contributed by atoms with Crippen molar-refractivity contribution in [3.8, 4) is 5.88 Å². The molecule has 5 nitrogen and oxygen atoms in total. The van der Waals surface area contributed by atoms with Crippen molar-refractivity contribution >= 4 is 11.6 Å². The fourth-order valence-electron chi connectivity index (χ4n) is 1.81. The molecule has 110 valence electrons. The summed E-state index contributed by atoms with van der Waals surface area (Å²) >= 11 is 0. The predicted molar refractivity (Wildman–Crippen MR) is 80.8 cm³/mol. The van der Waals surface area contributed by atoms with E-state index in [1.54, 1.807) is 37.4 Å². The quantitative estimate of drug-likeness (QED) is 0.765. The minimum atomic E-state index is -0.111. The average molecular weight is 286 g/mol. The molecule has 0 unspecified atom stereocenters. The third kappa shape index (κ3) is 4.03. The highest BCUT2D eigenvalue weighted by Crippen LogP contribution is 2.16. The molecule has 2 aromatic rings. The standard InChI is InChI=1S/C16H18N2O3/c1-18(14-6-4-3-5-7-14)16(19)13-8-9-17-15(12-13)21-11-10-20-2/h3-9,12H,10-11H2,1-2H3. The van der Waals surface area contributed by atoms with Crippen LogP contribution in [0.3, 0.4) is 0 Å². The Balaban J connectivity index is 2.10. The number of aromatic nitrogens is 1. The molecule has 0 aliphatic rings. The molecule has 0 saturated heterocycles. The number of anilines is 1. The maximum atomic E-state index is 12.4. The number of para-hydroxylation sites is 1. The summed E-state index contributed by atoms with van der Waals surface area (Å²) in [7, 11) is 3.34. The SMILES string of the molecule is COCCOc1cc(C(=O)N(C)c2ccccc2)ccn1. The van der Waals surface area contributed by atoms with E-state index in [1.165, 1.54) is 0 Å². The molecule has 1 aromatic heterocycles. The molecule has 0 spiro atoms. The summed E-state index contributed by atoms with van der Waals surface area (Å²) in [5.41, 5.74) is 1.37. The van der Waals surface area contributed by atoms with Gasteiger partial charge in [-0.15, -0.1) is 0 Å². The first kappa shape index (κ1) is 15.0. The van der Waals surface area contributed by atoms with Gasteiger partial charge in [0, 0.05) is 37.7 Å². The highest BCUT2D eigenvalue weighted by Gasteiger charge is 2.14. The first-order valence-corrected chi connectivity index (χ1v) is 6.63. The Morgan fingerprint density at radius 2 is 1.95 bits per heavy atom. The van der Waals surface area contributed by atoms with Gasteiger partial charge in [0.25, 0.3) is 5.91 Å². The zero-order valence-electron chi connectivity index (χ0n) is 12.2. The lowest BCUT2D eigenvalue weighted by atomic mass is 10.2. The molecule has 2 rings (SSSR count). The van der Waals surface area contributed by atoms with Crippen molar-refractivity contribution in [2.75, 3.05) is 32.3 Å². The molecule has 1 amide bonds. The van der Waals surface area contributed by atoms with E-state index < -0.39 is 0 Å². The number of hydrogen-bond donors (Lipinski definition) is 0. The number of nitrogens with zero attached hydrogens (tertiary/aromatic N) is 2. The Morgan fingerprint density at radius 1 is 1.19 bits per heavy atom. The Labute approximate surface area is 124 Å². The van der Waals surface area contributed by atoms with E-state index in [-0.39, 0.29) is 5.91 Å². The lowest BCUT2D eigenvalue weighted by Gasteiger charge is -2.17. The van der Waals surface area contributed by atoms with Gasteiger partial charge in [0.1, 0.15) is 6.61 Å². The minimum absolute atomic E-state index is 0.111. The van der Waals surface area contributed by atoms with Crippen LogP contribution in [0.5, 0.6) is 5.88 Å². The fourth-order valence-corrected chi connectivity index (χ4v) is 1.81. The van der Waals surface area contributed by atoms with Gasteiger partial charge in [0.2, 0.25) is 5.88 Å². The van der Waals surface area contributed by atoms with Gasteiger partial charge in [-0.05, 0) is 18.2 Å². The first-order valence-electron chi connectivity index (χ1n) is 6.63. The van der Waals surface area contributed by atoms with E-state index in [0.29, 0.717) is 24.7 Å². The topological polar surface area (TPSA) is 51.7 Å². The van der Waals surface area contributed by atoms with Gasteiger partial charge in [-0.1, -0.05) is 18.2 Å². The molecular formula is C16H18N2O3. The summed E-state index contributed by atoms with van der Waals surface area (Å²) < 4.78 is 10.3. The number of methoxy groups -OCH3 is 1. The van der Waals surface area contributed by atoms with E-state index in [1.807, 2.05) is 30.3 Å². The van der Waals surface area contributed by atoms with Crippen LogP contribution in [0.1, 0.15) is 10.4 Å². The van der Waals surface area contributed by atoms with E-state index in [2.05, 4.69) is 4.98 Å². The number of rotatable bonds is 6. The van der Waals surface area contributed by atoms with Gasteiger partial charge in [0.15, 0.2) is 0 Å². The second-order valence-corrected chi connectivity index (χ2v) is 4.42. The summed E-state index contributed by atoms with van der Waals surface area (Å²) in [6.45, 7) is 0.874. The molecule has 5 heteroatoms. The summed E-state index contributed by atoms with van der Waals surface area (Å²) in [5.74, 6) is 0.305. The second-order valence-electron chi connectivity index (χ2n) is 4.42. The molecular weight excluding hydrogens is 268 g/mol. The third-order valence-corrected chi connectivity index (χ3v) is 2.97. The van der Waals surface area contributed by atoms with Crippen LogP contribution in [0.4, 0.5) is 5.69 Å². The Hall–Kier alpha value is -2.40. The Morgan fingerprint density at radius 3 is 2.67 bits per heavy atom. The minimum Gasteiger partial charge on any atom is -0.475 e. The Kier molecular flexibility index (Phi) is 5.29. The van der Waals surface area contributed by atoms with Gasteiger partial charge in [-0.25, -0.2) is 4.98 Å². The lowest BCUT2D eigenvalue weighted by molar-refractivity contribution is 0.0992. The number of pyridine rings is 1. The van der Waals surface area contributed by atoms with E-state index >= 15 is 0 Å². The van der Waals surface area contributed by atoms with Crippen LogP contribution in [-0.2, 0) is 4.74 Å². The van der Waals surface area contributed by atoms with Crippen LogP contribution >= 0.6 is 0 Å². The molecule has 0 aliphatic carbocycles. The summed E-state index contributed by atoms with van der Waals surface area (Å²) in [5, 5.41) is 0. The third-order valence-electron chi connectivity index (χ3n) is 2.97. The summed E-state index contributed by atoms with van der Waals surface area (Å²) in [6, 6.07) is 12.8. The van der Waals surface area contributed by atoms with Crippen LogP contribution in [-0.4, -0.2) is 38.3 Å². The fraction of sp³-hybridized carbons (Fsp3) is 0.250. The number of ether oxygens (including phenoxy) is 2. The molecule has 0 atom stereocenters. The van der Waals surface area contributed by atoms with E-state index in [9.17, 15) is 4.79 Å². The molecule has 1 aromatic carbocycles. The molecule has 0 N–H and O–H groups in total. The smallest absolute Gasteiger partial charge is 0.258 e. The van der Waals surface area contributed by atoms with Gasteiger partial charge in [0.05, 0.1) is 6.61 Å². The van der Waals surface area contributed by atoms with E-state index in [4.69, 9.17) is 9.47 Å². The zero-order valence-corrected chi connectivity index (χ0v) is 12.2. The van der Waals surface area contributed by atoms with Gasteiger partial charge < -0.3 is 14.4 Å². The molecule has 0 fully saturated rings. The van der Waals surface area contributed by atoms with Crippen LogP contribution in [0, 0.1) is 0 Å². The molecule has 21 heavy (non-hydrogen) atoms. The second kappa shape index (κ2) is 7.40. The van der Waals surface area contributed by atoms with E-state index in [0.717, 1.165) is 5.69 Å². The van der Waals surface area contributed by atoms with Crippen LogP contribution < -0.4 is 9.64 Å². The average Bonchev–Trinajstić information content (AvgIpc) is 2.55. The first-order chi connectivity index (χ1) is 10.2. The van der Waals surface area contributed by atoms with Gasteiger partial charge >= 0.3 is 0 Å². The number of hydrogen-bond acceptors (Lipinski definition) is 4. The van der Waals surface area contributed by atoms with Crippen molar-refractivity contribution in [3.05, 3.63) is 54.2 Å². The van der Waals surface area contributed by atoms with Crippen molar-refractivity contribution < 1.29 is 14.3 Å². The number of benzene rings is 1. The maximum absolute atomic E-state index is 12.4. The largest absolute Gasteiger partial charge is 0.475 e. The van der Waals surface area contributed by atoms with Crippen molar-refractivity contribution in [2.45, 2.75) is 0 Å². The van der Waals surface area contributed by atoms with Crippen LogP contribution in [0.15, 0.2) is 48.7 Å². The molecule has 0 aliphatic heterocycles. The number of carbonyl (C=O) groups is 1. The maximum Gasteiger partial charge on any atom is 0.258 e. The van der Waals surface area contributed by atoms with Crippen molar-refractivity contribution in [1.82, 2.24) is 4.98 Å². The van der Waals surface area contributed by atoms with Crippen molar-refractivity contribution in [1.29, 1.82) is 0 Å². The zero-order chi connectivity index (χ0) is 15.1. The molecule has 0 bridgehead atoms. The molecule has 0 radical (unpaired) electrons. The summed E-state index contributed by atoms with van der Waals surface area (Å²) in [6.07, 6.45) is 1.56. The molecule has 0 saturated carbocycles. The number of amides is 1.